The Morgan fingerprint density at radius 3 is 2.67 bits per heavy atom. The molecule has 3 heterocycles. The number of carbonyl (C=O) groups excluding carboxylic acids is 1. The largest absolute Gasteiger partial charge is 0.378 e. The van der Waals surface area contributed by atoms with E-state index in [-0.39, 0.29) is 11.3 Å². The lowest BCUT2D eigenvalue weighted by Crippen LogP contribution is -2.37. The first-order valence-corrected chi connectivity index (χ1v) is 6.94. The summed E-state index contributed by atoms with van der Waals surface area (Å²) in [6.07, 6.45) is 1.71. The quantitative estimate of drug-likeness (QED) is 0.772. The average molecular weight is 287 g/mol. The lowest BCUT2D eigenvalue weighted by atomic mass is 10.1. The Labute approximate surface area is 122 Å². The van der Waals surface area contributed by atoms with Crippen LogP contribution in [-0.2, 0) is 4.74 Å². The van der Waals surface area contributed by atoms with Gasteiger partial charge in [0.15, 0.2) is 11.4 Å². The van der Waals surface area contributed by atoms with Gasteiger partial charge in [-0.1, -0.05) is 0 Å². The van der Waals surface area contributed by atoms with E-state index in [1.807, 2.05) is 11.8 Å². The molecule has 0 saturated carbocycles. The molecule has 2 aromatic heterocycles. The number of Topliss-reactive ketones (excluding diaryl/α,β-unsaturated/α-hetero) is 1. The zero-order valence-corrected chi connectivity index (χ0v) is 12.1. The third-order valence-corrected chi connectivity index (χ3v) is 3.60. The molecule has 1 saturated heterocycles. The maximum atomic E-state index is 12.3. The minimum absolute atomic E-state index is 0.0952. The van der Waals surface area contributed by atoms with Gasteiger partial charge in [-0.3, -0.25) is 14.0 Å². The number of pyridine rings is 1. The molecule has 0 spiro atoms. The molecule has 0 atom stereocenters. The number of aromatic nitrogens is 2. The predicted molar refractivity (Wildman–Crippen MR) is 79.2 cm³/mol. The van der Waals surface area contributed by atoms with Crippen LogP contribution in [-0.4, -0.2) is 41.5 Å². The number of ether oxygens (including phenoxy) is 1. The van der Waals surface area contributed by atoms with Crippen LogP contribution in [0.25, 0.3) is 5.65 Å². The molecule has 3 rings (SSSR count). The van der Waals surface area contributed by atoms with Gasteiger partial charge in [0.1, 0.15) is 5.82 Å². The normalized spacial score (nSPS) is 15.4. The predicted octanol–water partition coefficient (Wildman–Crippen LogP) is 1.04. The van der Waals surface area contributed by atoms with Crippen LogP contribution >= 0.6 is 0 Å². The van der Waals surface area contributed by atoms with E-state index in [0.717, 1.165) is 5.56 Å². The first-order valence-electron chi connectivity index (χ1n) is 6.94. The van der Waals surface area contributed by atoms with Crippen molar-refractivity contribution in [2.24, 2.45) is 0 Å². The Morgan fingerprint density at radius 2 is 2.00 bits per heavy atom. The summed E-state index contributed by atoms with van der Waals surface area (Å²) < 4.78 is 6.75. The van der Waals surface area contributed by atoms with Crippen molar-refractivity contribution in [1.82, 2.24) is 9.38 Å². The molecule has 2 aromatic rings. The van der Waals surface area contributed by atoms with Crippen molar-refractivity contribution >= 4 is 17.2 Å². The molecule has 0 bridgehead atoms. The van der Waals surface area contributed by atoms with E-state index in [4.69, 9.17) is 4.74 Å². The van der Waals surface area contributed by atoms with Crippen molar-refractivity contribution in [3.8, 4) is 0 Å². The van der Waals surface area contributed by atoms with Gasteiger partial charge in [-0.2, -0.15) is 0 Å². The number of carbonyl (C=O) groups is 1. The molecule has 1 fully saturated rings. The Bertz CT molecular complexity index is 761. The second kappa shape index (κ2) is 5.29. The van der Waals surface area contributed by atoms with Crippen molar-refractivity contribution in [3.05, 3.63) is 39.8 Å². The molecule has 0 radical (unpaired) electrons. The second-order valence-corrected chi connectivity index (χ2v) is 5.23. The first kappa shape index (κ1) is 13.8. The number of fused-ring (bicyclic) bond motifs is 1. The minimum Gasteiger partial charge on any atom is -0.378 e. The van der Waals surface area contributed by atoms with Crippen LogP contribution in [0.15, 0.2) is 23.1 Å². The SMILES string of the molecule is CC(=O)c1cc(C)cn2c(=O)cc(N3CCOCC3)nc12. The monoisotopic (exact) mass is 287 g/mol. The number of rotatable bonds is 2. The van der Waals surface area contributed by atoms with Crippen LogP contribution in [0, 0.1) is 6.92 Å². The number of ketones is 1. The average Bonchev–Trinajstić information content (AvgIpc) is 2.48. The van der Waals surface area contributed by atoms with Gasteiger partial charge >= 0.3 is 0 Å². The number of aryl methyl sites for hydroxylation is 1. The van der Waals surface area contributed by atoms with Gasteiger partial charge in [0.25, 0.3) is 5.56 Å². The molecule has 6 heteroatoms. The van der Waals surface area contributed by atoms with E-state index >= 15 is 0 Å². The third-order valence-electron chi connectivity index (χ3n) is 3.60. The standard InChI is InChI=1S/C15H17N3O3/c1-10-7-12(11(2)19)15-16-13(8-14(20)18(15)9-10)17-3-5-21-6-4-17/h7-9H,3-6H2,1-2H3. The van der Waals surface area contributed by atoms with Crippen molar-refractivity contribution in [3.63, 3.8) is 0 Å². The minimum atomic E-state index is -0.173. The van der Waals surface area contributed by atoms with E-state index < -0.39 is 0 Å². The van der Waals surface area contributed by atoms with Gasteiger partial charge in [-0.15, -0.1) is 0 Å². The van der Waals surface area contributed by atoms with E-state index in [9.17, 15) is 9.59 Å². The lowest BCUT2D eigenvalue weighted by molar-refractivity contribution is 0.101. The molecule has 0 aromatic carbocycles. The van der Waals surface area contributed by atoms with Crippen molar-refractivity contribution in [2.45, 2.75) is 13.8 Å². The maximum Gasteiger partial charge on any atom is 0.259 e. The van der Waals surface area contributed by atoms with Gasteiger partial charge in [0.2, 0.25) is 0 Å². The molecule has 0 N–H and O–H groups in total. The van der Waals surface area contributed by atoms with E-state index in [2.05, 4.69) is 4.98 Å². The summed E-state index contributed by atoms with van der Waals surface area (Å²) >= 11 is 0. The number of morpholine rings is 1. The topological polar surface area (TPSA) is 63.9 Å². The molecule has 0 aliphatic carbocycles. The van der Waals surface area contributed by atoms with Crippen LogP contribution in [0.1, 0.15) is 22.8 Å². The van der Waals surface area contributed by atoms with Crippen LogP contribution in [0.4, 0.5) is 5.82 Å². The number of nitrogens with zero attached hydrogens (tertiary/aromatic N) is 3. The number of anilines is 1. The zero-order valence-electron chi connectivity index (χ0n) is 12.1. The zero-order chi connectivity index (χ0) is 15.0. The highest BCUT2D eigenvalue weighted by molar-refractivity contribution is 6.00. The molecular weight excluding hydrogens is 270 g/mol. The summed E-state index contributed by atoms with van der Waals surface area (Å²) in [6.45, 7) is 5.98. The summed E-state index contributed by atoms with van der Waals surface area (Å²) in [6, 6.07) is 3.29. The summed E-state index contributed by atoms with van der Waals surface area (Å²) in [5.41, 5.74) is 1.58. The van der Waals surface area contributed by atoms with Crippen LogP contribution in [0.2, 0.25) is 0 Å². The van der Waals surface area contributed by atoms with Crippen molar-refractivity contribution in [1.29, 1.82) is 0 Å². The Kier molecular flexibility index (Phi) is 3.47. The highest BCUT2D eigenvalue weighted by Crippen LogP contribution is 2.16. The summed E-state index contributed by atoms with van der Waals surface area (Å²) in [5, 5.41) is 0. The summed E-state index contributed by atoms with van der Waals surface area (Å²) in [7, 11) is 0. The van der Waals surface area contributed by atoms with Gasteiger partial charge in [-0.05, 0) is 25.5 Å². The number of hydrogen-bond acceptors (Lipinski definition) is 5. The smallest absolute Gasteiger partial charge is 0.259 e. The molecule has 0 unspecified atom stereocenters. The molecule has 1 aliphatic heterocycles. The van der Waals surface area contributed by atoms with Crippen LogP contribution in [0.5, 0.6) is 0 Å². The third kappa shape index (κ3) is 2.54. The Hall–Kier alpha value is -2.21. The summed E-state index contributed by atoms with van der Waals surface area (Å²) in [4.78, 5) is 30.7. The Morgan fingerprint density at radius 1 is 1.29 bits per heavy atom. The molecule has 1 aliphatic rings. The van der Waals surface area contributed by atoms with Gasteiger partial charge in [0.05, 0.1) is 18.8 Å². The van der Waals surface area contributed by atoms with Gasteiger partial charge < -0.3 is 9.64 Å². The fraction of sp³-hybridized carbons (Fsp3) is 0.400. The summed E-state index contributed by atoms with van der Waals surface area (Å²) in [5.74, 6) is 0.511. The molecule has 6 nitrogen and oxygen atoms in total. The first-order chi connectivity index (χ1) is 10.1. The molecule has 21 heavy (non-hydrogen) atoms. The maximum absolute atomic E-state index is 12.3. The van der Waals surface area contributed by atoms with E-state index in [0.29, 0.717) is 43.3 Å². The van der Waals surface area contributed by atoms with Crippen LogP contribution < -0.4 is 10.5 Å². The second-order valence-electron chi connectivity index (χ2n) is 5.23. The highest BCUT2D eigenvalue weighted by atomic mass is 16.5. The molecule has 110 valence electrons. The van der Waals surface area contributed by atoms with Gasteiger partial charge in [-0.25, -0.2) is 4.98 Å². The van der Waals surface area contributed by atoms with Crippen molar-refractivity contribution in [2.75, 3.05) is 31.2 Å². The molecule has 0 amide bonds. The van der Waals surface area contributed by atoms with E-state index in [1.165, 1.54) is 17.4 Å². The van der Waals surface area contributed by atoms with Crippen molar-refractivity contribution < 1.29 is 9.53 Å². The fourth-order valence-electron chi connectivity index (χ4n) is 2.54. The van der Waals surface area contributed by atoms with Crippen LogP contribution in [0.3, 0.4) is 0 Å². The van der Waals surface area contributed by atoms with E-state index in [1.54, 1.807) is 12.3 Å². The number of hydrogen-bond donors (Lipinski definition) is 0. The Balaban J connectivity index is 2.22. The fourth-order valence-corrected chi connectivity index (χ4v) is 2.54. The highest BCUT2D eigenvalue weighted by Gasteiger charge is 2.16. The van der Waals surface area contributed by atoms with Gasteiger partial charge in [0, 0.05) is 25.4 Å². The molecular formula is C15H17N3O3. The lowest BCUT2D eigenvalue weighted by Gasteiger charge is -2.27.